The van der Waals surface area contributed by atoms with Crippen LogP contribution in [0.2, 0.25) is 0 Å². The van der Waals surface area contributed by atoms with Crippen LogP contribution >= 0.6 is 0 Å². The van der Waals surface area contributed by atoms with Crippen LogP contribution < -0.4 is 5.48 Å². The second-order valence-corrected chi connectivity index (χ2v) is 8.65. The Hall–Kier alpha value is -2.23. The fraction of sp³-hybridized carbons (Fsp3) is 0.412. The number of carbonyl (C=O) groups is 1. The van der Waals surface area contributed by atoms with E-state index < -0.39 is 20.5 Å². The highest BCUT2D eigenvalue weighted by molar-refractivity contribution is 7.92. The number of hydroxylamine groups is 1. The minimum atomic E-state index is -3.74. The summed E-state index contributed by atoms with van der Waals surface area (Å²) < 4.78 is 32.8. The van der Waals surface area contributed by atoms with Crippen LogP contribution in [0.1, 0.15) is 30.4 Å². The smallest absolute Gasteiger partial charge is 0.264 e. The van der Waals surface area contributed by atoms with Gasteiger partial charge in [0.15, 0.2) is 15.6 Å². The molecule has 142 valence electrons. The third-order valence-electron chi connectivity index (χ3n) is 4.22. The van der Waals surface area contributed by atoms with E-state index >= 15 is 0 Å². The van der Waals surface area contributed by atoms with E-state index in [1.807, 2.05) is 30.3 Å². The number of nitrogens with one attached hydrogen (secondary N) is 1. The first-order valence-corrected chi connectivity index (χ1v) is 9.85. The number of aromatic nitrogens is 1. The molecule has 1 aromatic carbocycles. The van der Waals surface area contributed by atoms with Crippen molar-refractivity contribution in [2.75, 3.05) is 6.26 Å². The number of carbonyl (C=O) groups excluding carboxylic acids is 1. The maximum atomic E-state index is 11.9. The van der Waals surface area contributed by atoms with Gasteiger partial charge in [-0.2, -0.15) is 0 Å². The van der Waals surface area contributed by atoms with Crippen LogP contribution in [-0.4, -0.2) is 35.7 Å². The molecular weight excluding hydrogens is 360 g/mol. The van der Waals surface area contributed by atoms with Gasteiger partial charge in [-0.25, -0.2) is 13.9 Å². The lowest BCUT2D eigenvalue weighted by Crippen LogP contribution is -2.49. The largest absolute Gasteiger partial charge is 0.369 e. The molecule has 2 rings (SSSR count). The number of hydrogen-bond donors (Lipinski definition) is 2. The van der Waals surface area contributed by atoms with Crippen LogP contribution in [0, 0.1) is 0 Å². The zero-order valence-electron chi connectivity index (χ0n) is 14.6. The molecule has 0 aliphatic rings. The molecule has 0 fully saturated rings. The normalized spacial score (nSPS) is 14.0. The molecule has 2 N–H and O–H groups in total. The quantitative estimate of drug-likeness (QED) is 0.500. The van der Waals surface area contributed by atoms with Crippen LogP contribution in [0.3, 0.4) is 0 Å². The van der Waals surface area contributed by atoms with Crippen molar-refractivity contribution in [1.29, 1.82) is 0 Å². The van der Waals surface area contributed by atoms with E-state index in [0.29, 0.717) is 18.1 Å². The van der Waals surface area contributed by atoms with Crippen molar-refractivity contribution in [2.45, 2.75) is 37.7 Å². The molecule has 0 bridgehead atoms. The number of nitrogens with zero attached hydrogens (tertiary/aromatic N) is 1. The van der Waals surface area contributed by atoms with Crippen molar-refractivity contribution in [3.05, 3.63) is 53.4 Å². The highest BCUT2D eigenvalue weighted by Crippen LogP contribution is 2.23. The van der Waals surface area contributed by atoms with Crippen molar-refractivity contribution in [3.63, 3.8) is 0 Å². The fourth-order valence-corrected chi connectivity index (χ4v) is 3.19. The minimum Gasteiger partial charge on any atom is -0.369 e. The number of benzene rings is 1. The van der Waals surface area contributed by atoms with E-state index in [-0.39, 0.29) is 19.4 Å². The summed E-state index contributed by atoms with van der Waals surface area (Å²) >= 11 is 0. The summed E-state index contributed by atoms with van der Waals surface area (Å²) in [5, 5.41) is 12.7. The Bertz CT molecular complexity index is 834. The lowest BCUT2D eigenvalue weighted by molar-refractivity contribution is -0.131. The summed E-state index contributed by atoms with van der Waals surface area (Å²) in [6.45, 7) is 1.92. The zero-order valence-corrected chi connectivity index (χ0v) is 15.5. The van der Waals surface area contributed by atoms with Crippen molar-refractivity contribution < 1.29 is 27.7 Å². The third-order valence-corrected chi connectivity index (χ3v) is 6.25. The number of ether oxygens (including phenoxy) is 1. The molecule has 1 atom stereocenters. The van der Waals surface area contributed by atoms with Gasteiger partial charge in [-0.3, -0.25) is 10.0 Å². The Morgan fingerprint density at radius 3 is 2.62 bits per heavy atom. The topological polar surface area (TPSA) is 119 Å². The van der Waals surface area contributed by atoms with Crippen LogP contribution in [-0.2, 0) is 39.0 Å². The van der Waals surface area contributed by atoms with E-state index in [4.69, 9.17) is 14.5 Å². The molecular formula is C17H22N2O6S. The Labute approximate surface area is 152 Å². The number of rotatable bonds is 9. The highest BCUT2D eigenvalue weighted by atomic mass is 32.2. The molecule has 0 saturated heterocycles. The van der Waals surface area contributed by atoms with Gasteiger partial charge >= 0.3 is 0 Å². The number of aryl methyl sites for hydroxylation is 1. The molecule has 0 saturated carbocycles. The molecule has 26 heavy (non-hydrogen) atoms. The second kappa shape index (κ2) is 8.43. The first kappa shape index (κ1) is 20.1. The average molecular weight is 382 g/mol. The van der Waals surface area contributed by atoms with Gasteiger partial charge in [0.2, 0.25) is 0 Å². The number of amides is 1. The van der Waals surface area contributed by atoms with Gasteiger partial charge < -0.3 is 9.26 Å². The summed E-state index contributed by atoms with van der Waals surface area (Å²) in [4.78, 5) is 11.8. The maximum absolute atomic E-state index is 11.9. The molecule has 0 spiro atoms. The van der Waals surface area contributed by atoms with Crippen LogP contribution in [0.15, 0.2) is 40.9 Å². The summed E-state index contributed by atoms with van der Waals surface area (Å²) in [5.41, 5.74) is 2.95. The Kier molecular flexibility index (Phi) is 6.52. The molecule has 0 aliphatic heterocycles. The summed E-state index contributed by atoms with van der Waals surface area (Å²) in [5.74, 6) is -0.474. The molecule has 1 amide bonds. The SMILES string of the molecule is CC(CCc1cc(COCc2ccccc2)on1)(C(=O)NO)S(C)(=O)=O. The summed E-state index contributed by atoms with van der Waals surface area (Å²) in [6, 6.07) is 11.3. The van der Waals surface area contributed by atoms with Crippen molar-refractivity contribution in [1.82, 2.24) is 10.6 Å². The van der Waals surface area contributed by atoms with Gasteiger partial charge in [0, 0.05) is 12.3 Å². The zero-order chi connectivity index (χ0) is 19.2. The summed E-state index contributed by atoms with van der Waals surface area (Å²) in [7, 11) is -3.74. The first-order chi connectivity index (χ1) is 12.3. The van der Waals surface area contributed by atoms with Gasteiger partial charge in [0.1, 0.15) is 11.4 Å². The van der Waals surface area contributed by atoms with Crippen LogP contribution in [0.5, 0.6) is 0 Å². The first-order valence-electron chi connectivity index (χ1n) is 7.96. The van der Waals surface area contributed by atoms with Gasteiger partial charge in [-0.1, -0.05) is 35.5 Å². The van der Waals surface area contributed by atoms with Crippen molar-refractivity contribution >= 4 is 15.7 Å². The van der Waals surface area contributed by atoms with Gasteiger partial charge in [-0.05, 0) is 25.3 Å². The van der Waals surface area contributed by atoms with E-state index in [1.165, 1.54) is 12.4 Å². The Morgan fingerprint density at radius 2 is 2.00 bits per heavy atom. The third kappa shape index (κ3) is 4.90. The molecule has 9 heteroatoms. The van der Waals surface area contributed by atoms with Gasteiger partial charge in [-0.15, -0.1) is 0 Å². The predicted octanol–water partition coefficient (Wildman–Crippen LogP) is 1.63. The van der Waals surface area contributed by atoms with E-state index in [1.54, 1.807) is 6.07 Å². The van der Waals surface area contributed by atoms with E-state index in [0.717, 1.165) is 11.8 Å². The van der Waals surface area contributed by atoms with Crippen LogP contribution in [0.25, 0.3) is 0 Å². The molecule has 0 radical (unpaired) electrons. The van der Waals surface area contributed by atoms with Gasteiger partial charge in [0.05, 0.1) is 12.3 Å². The van der Waals surface area contributed by atoms with E-state index in [2.05, 4.69) is 5.16 Å². The monoisotopic (exact) mass is 382 g/mol. The molecule has 0 aliphatic carbocycles. The minimum absolute atomic E-state index is 0.0466. The Morgan fingerprint density at radius 1 is 1.31 bits per heavy atom. The highest BCUT2D eigenvalue weighted by Gasteiger charge is 2.43. The number of sulfone groups is 1. The predicted molar refractivity (Wildman–Crippen MR) is 92.9 cm³/mol. The molecule has 1 unspecified atom stereocenters. The maximum Gasteiger partial charge on any atom is 0.264 e. The molecule has 2 aromatic rings. The Balaban J connectivity index is 1.92. The molecule has 1 heterocycles. The van der Waals surface area contributed by atoms with Crippen LogP contribution in [0.4, 0.5) is 0 Å². The lowest BCUT2D eigenvalue weighted by atomic mass is 10.0. The lowest BCUT2D eigenvalue weighted by Gasteiger charge is -2.24. The van der Waals surface area contributed by atoms with Crippen molar-refractivity contribution in [2.24, 2.45) is 0 Å². The number of hydrogen-bond acceptors (Lipinski definition) is 7. The van der Waals surface area contributed by atoms with Gasteiger partial charge in [0.25, 0.3) is 5.91 Å². The average Bonchev–Trinajstić information content (AvgIpc) is 3.06. The second-order valence-electron chi connectivity index (χ2n) is 6.21. The molecule has 1 aromatic heterocycles. The summed E-state index contributed by atoms with van der Waals surface area (Å²) in [6.07, 6.45) is 1.10. The standard InChI is InChI=1S/C17H22N2O6S/c1-17(16(20)18-21,26(2,22)23)9-8-14-10-15(25-19-14)12-24-11-13-6-4-3-5-7-13/h3-7,10,21H,8-9,11-12H2,1-2H3,(H,18,20). The fourth-order valence-electron chi connectivity index (χ4n) is 2.34. The van der Waals surface area contributed by atoms with Crippen molar-refractivity contribution in [3.8, 4) is 0 Å². The molecule has 8 nitrogen and oxygen atoms in total. The van der Waals surface area contributed by atoms with E-state index in [9.17, 15) is 13.2 Å².